The minimum Gasteiger partial charge on any atom is -0.494 e. The third-order valence-electron chi connectivity index (χ3n) is 2.47. The highest BCUT2D eigenvalue weighted by Crippen LogP contribution is 2.12. The fourth-order valence-electron chi connectivity index (χ4n) is 1.50. The molecule has 6 heteroatoms. The van der Waals surface area contributed by atoms with Crippen LogP contribution >= 0.6 is 0 Å². The van der Waals surface area contributed by atoms with E-state index >= 15 is 0 Å². The Morgan fingerprint density at radius 1 is 1.37 bits per heavy atom. The van der Waals surface area contributed by atoms with Crippen LogP contribution in [0.4, 0.5) is 0 Å². The molecule has 2 rings (SSSR count). The van der Waals surface area contributed by atoms with E-state index in [2.05, 4.69) is 20.5 Å². The molecule has 0 saturated carbocycles. The van der Waals surface area contributed by atoms with Gasteiger partial charge in [-0.25, -0.2) is 4.98 Å². The molecule has 0 atom stereocenters. The lowest BCUT2D eigenvalue weighted by Crippen LogP contribution is -2.23. The standard InChI is InChI=1S/C13H16N4O2/c1-2-7-19-11-5-3-10(4-6-11)13(18)14-8-12-15-9-16-17-12/h3-6,9H,2,7-8H2,1H3,(H,14,18)(H,15,16,17). The van der Waals surface area contributed by atoms with Crippen LogP contribution in [0.2, 0.25) is 0 Å². The Kier molecular flexibility index (Phi) is 4.49. The van der Waals surface area contributed by atoms with E-state index in [4.69, 9.17) is 4.74 Å². The summed E-state index contributed by atoms with van der Waals surface area (Å²) in [7, 11) is 0. The Hall–Kier alpha value is -2.37. The van der Waals surface area contributed by atoms with Crippen LogP contribution in [-0.4, -0.2) is 27.7 Å². The summed E-state index contributed by atoms with van der Waals surface area (Å²) in [4.78, 5) is 15.8. The van der Waals surface area contributed by atoms with Gasteiger partial charge in [0.2, 0.25) is 0 Å². The Labute approximate surface area is 111 Å². The highest BCUT2D eigenvalue weighted by atomic mass is 16.5. The average molecular weight is 260 g/mol. The molecule has 0 spiro atoms. The SMILES string of the molecule is CCCOc1ccc(C(=O)NCc2ncn[nH]2)cc1. The fraction of sp³-hybridized carbons (Fsp3) is 0.308. The van der Waals surface area contributed by atoms with Gasteiger partial charge in [-0.15, -0.1) is 0 Å². The maximum absolute atomic E-state index is 11.9. The quantitative estimate of drug-likeness (QED) is 0.825. The van der Waals surface area contributed by atoms with Crippen LogP contribution in [-0.2, 0) is 6.54 Å². The van der Waals surface area contributed by atoms with Crippen LogP contribution < -0.4 is 10.1 Å². The second-order valence-corrected chi connectivity index (χ2v) is 3.99. The van der Waals surface area contributed by atoms with Crippen molar-refractivity contribution in [1.29, 1.82) is 0 Å². The van der Waals surface area contributed by atoms with Gasteiger partial charge in [0.05, 0.1) is 13.2 Å². The minimum atomic E-state index is -0.154. The van der Waals surface area contributed by atoms with Gasteiger partial charge in [0, 0.05) is 5.56 Å². The molecule has 0 aliphatic rings. The maximum Gasteiger partial charge on any atom is 0.251 e. The van der Waals surface area contributed by atoms with E-state index in [1.165, 1.54) is 6.33 Å². The third-order valence-corrected chi connectivity index (χ3v) is 2.47. The molecular weight excluding hydrogens is 244 g/mol. The van der Waals surface area contributed by atoms with E-state index in [-0.39, 0.29) is 5.91 Å². The summed E-state index contributed by atoms with van der Waals surface area (Å²) in [6.07, 6.45) is 2.36. The molecule has 0 bridgehead atoms. The Bertz CT molecular complexity index is 508. The number of rotatable bonds is 6. The largest absolute Gasteiger partial charge is 0.494 e. The number of amides is 1. The number of benzene rings is 1. The molecular formula is C13H16N4O2. The molecule has 2 aromatic rings. The normalized spacial score (nSPS) is 10.2. The topological polar surface area (TPSA) is 79.9 Å². The van der Waals surface area contributed by atoms with E-state index in [0.717, 1.165) is 12.2 Å². The first kappa shape index (κ1) is 13.1. The summed E-state index contributed by atoms with van der Waals surface area (Å²) in [5.74, 6) is 1.24. The van der Waals surface area contributed by atoms with Crippen molar-refractivity contribution in [2.24, 2.45) is 0 Å². The van der Waals surface area contributed by atoms with E-state index in [1.54, 1.807) is 24.3 Å². The van der Waals surface area contributed by atoms with Gasteiger partial charge in [-0.05, 0) is 30.7 Å². The van der Waals surface area contributed by atoms with Crippen molar-refractivity contribution in [3.8, 4) is 5.75 Å². The number of aromatic nitrogens is 3. The van der Waals surface area contributed by atoms with Gasteiger partial charge < -0.3 is 10.1 Å². The number of nitrogens with one attached hydrogen (secondary N) is 2. The van der Waals surface area contributed by atoms with Crippen molar-refractivity contribution in [2.75, 3.05) is 6.61 Å². The zero-order chi connectivity index (χ0) is 13.5. The number of ether oxygens (including phenoxy) is 1. The van der Waals surface area contributed by atoms with Gasteiger partial charge in [-0.3, -0.25) is 9.89 Å². The van der Waals surface area contributed by atoms with Crippen LogP contribution in [0.15, 0.2) is 30.6 Å². The fourth-order valence-corrected chi connectivity index (χ4v) is 1.50. The van der Waals surface area contributed by atoms with Crippen LogP contribution in [0.25, 0.3) is 0 Å². The summed E-state index contributed by atoms with van der Waals surface area (Å²) in [5.41, 5.74) is 0.586. The molecule has 100 valence electrons. The summed E-state index contributed by atoms with van der Waals surface area (Å²) in [6, 6.07) is 7.06. The molecule has 0 aliphatic carbocycles. The smallest absolute Gasteiger partial charge is 0.251 e. The first-order valence-electron chi connectivity index (χ1n) is 6.15. The monoisotopic (exact) mass is 260 g/mol. The Morgan fingerprint density at radius 2 is 2.16 bits per heavy atom. The number of H-pyrrole nitrogens is 1. The second-order valence-electron chi connectivity index (χ2n) is 3.99. The third kappa shape index (κ3) is 3.80. The minimum absolute atomic E-state index is 0.154. The molecule has 0 saturated heterocycles. The van der Waals surface area contributed by atoms with E-state index in [1.807, 2.05) is 6.92 Å². The summed E-state index contributed by atoms with van der Waals surface area (Å²) in [6.45, 7) is 3.05. The molecule has 0 radical (unpaired) electrons. The number of hydrogen-bond donors (Lipinski definition) is 2. The number of aromatic amines is 1. The van der Waals surface area contributed by atoms with E-state index < -0.39 is 0 Å². The van der Waals surface area contributed by atoms with Gasteiger partial charge >= 0.3 is 0 Å². The Morgan fingerprint density at radius 3 is 2.79 bits per heavy atom. The maximum atomic E-state index is 11.9. The molecule has 6 nitrogen and oxygen atoms in total. The first-order valence-corrected chi connectivity index (χ1v) is 6.15. The molecule has 0 fully saturated rings. The Balaban J connectivity index is 1.88. The van der Waals surface area contributed by atoms with Crippen molar-refractivity contribution >= 4 is 5.91 Å². The van der Waals surface area contributed by atoms with Crippen molar-refractivity contribution in [3.05, 3.63) is 42.0 Å². The van der Waals surface area contributed by atoms with Crippen LogP contribution in [0.5, 0.6) is 5.75 Å². The van der Waals surface area contributed by atoms with Gasteiger partial charge in [0.1, 0.15) is 17.9 Å². The summed E-state index contributed by atoms with van der Waals surface area (Å²) < 4.78 is 5.45. The van der Waals surface area contributed by atoms with E-state index in [9.17, 15) is 4.79 Å². The average Bonchev–Trinajstić information content (AvgIpc) is 2.96. The van der Waals surface area contributed by atoms with Crippen LogP contribution in [0.3, 0.4) is 0 Å². The number of carbonyl (C=O) groups excluding carboxylic acids is 1. The molecule has 2 N–H and O–H groups in total. The van der Waals surface area contributed by atoms with Crippen molar-refractivity contribution in [2.45, 2.75) is 19.9 Å². The van der Waals surface area contributed by atoms with Crippen LogP contribution in [0, 0.1) is 0 Å². The molecule has 1 heterocycles. The number of hydrogen-bond acceptors (Lipinski definition) is 4. The zero-order valence-corrected chi connectivity index (χ0v) is 10.7. The summed E-state index contributed by atoms with van der Waals surface area (Å²) in [5, 5.41) is 9.14. The molecule has 0 aliphatic heterocycles. The van der Waals surface area contributed by atoms with Gasteiger partial charge in [0.25, 0.3) is 5.91 Å². The lowest BCUT2D eigenvalue weighted by Gasteiger charge is -2.06. The number of nitrogens with zero attached hydrogens (tertiary/aromatic N) is 2. The second kappa shape index (κ2) is 6.53. The van der Waals surface area contributed by atoms with Gasteiger partial charge in [-0.1, -0.05) is 6.92 Å². The molecule has 1 aromatic carbocycles. The van der Waals surface area contributed by atoms with Crippen molar-refractivity contribution in [3.63, 3.8) is 0 Å². The van der Waals surface area contributed by atoms with Crippen LogP contribution in [0.1, 0.15) is 29.5 Å². The van der Waals surface area contributed by atoms with Crippen molar-refractivity contribution < 1.29 is 9.53 Å². The highest BCUT2D eigenvalue weighted by Gasteiger charge is 2.06. The number of carbonyl (C=O) groups is 1. The lowest BCUT2D eigenvalue weighted by atomic mass is 10.2. The van der Waals surface area contributed by atoms with E-state index in [0.29, 0.717) is 24.5 Å². The lowest BCUT2D eigenvalue weighted by molar-refractivity contribution is 0.0950. The first-order chi connectivity index (χ1) is 9.29. The molecule has 19 heavy (non-hydrogen) atoms. The molecule has 1 amide bonds. The summed E-state index contributed by atoms with van der Waals surface area (Å²) >= 11 is 0. The van der Waals surface area contributed by atoms with Gasteiger partial charge in [-0.2, -0.15) is 5.10 Å². The molecule has 1 aromatic heterocycles. The zero-order valence-electron chi connectivity index (χ0n) is 10.7. The predicted molar refractivity (Wildman–Crippen MR) is 69.8 cm³/mol. The highest BCUT2D eigenvalue weighted by molar-refractivity contribution is 5.94. The van der Waals surface area contributed by atoms with Gasteiger partial charge in [0.15, 0.2) is 0 Å². The molecule has 0 unspecified atom stereocenters. The van der Waals surface area contributed by atoms with Crippen molar-refractivity contribution in [1.82, 2.24) is 20.5 Å². The predicted octanol–water partition coefficient (Wildman–Crippen LogP) is 1.52.